The van der Waals surface area contributed by atoms with Crippen LogP contribution < -0.4 is 0 Å². The molecule has 0 saturated carbocycles. The van der Waals surface area contributed by atoms with Crippen LogP contribution in [0.15, 0.2) is 47.1 Å². The summed E-state index contributed by atoms with van der Waals surface area (Å²) >= 11 is 2.22. The van der Waals surface area contributed by atoms with Crippen LogP contribution in [0.25, 0.3) is 5.57 Å². The fourth-order valence-corrected chi connectivity index (χ4v) is 1.47. The number of rotatable bonds is 2. The van der Waals surface area contributed by atoms with Gasteiger partial charge in [0.05, 0.1) is 0 Å². The maximum atomic E-state index is 3.74. The van der Waals surface area contributed by atoms with E-state index in [1.807, 2.05) is 28.4 Å². The maximum absolute atomic E-state index is 3.74. The predicted molar refractivity (Wildman–Crippen MR) is 58.6 cm³/mol. The Morgan fingerprint density at radius 2 is 1.91 bits per heavy atom. The van der Waals surface area contributed by atoms with Crippen molar-refractivity contribution in [2.45, 2.75) is 0 Å². The first-order valence-electron chi connectivity index (χ1n) is 3.36. The topological polar surface area (TPSA) is 0 Å². The largest absolute Gasteiger partial charge is 0.0984 e. The smallest absolute Gasteiger partial charge is 0.0129 e. The third kappa shape index (κ3) is 2.19. The Morgan fingerprint density at radius 3 is 2.36 bits per heavy atom. The molecule has 11 heavy (non-hydrogen) atoms. The van der Waals surface area contributed by atoms with Gasteiger partial charge in [-0.3, -0.25) is 0 Å². The van der Waals surface area contributed by atoms with Crippen LogP contribution in [0.1, 0.15) is 5.56 Å². The van der Waals surface area contributed by atoms with Crippen molar-refractivity contribution in [1.29, 1.82) is 0 Å². The van der Waals surface area contributed by atoms with Crippen molar-refractivity contribution >= 4 is 28.2 Å². The van der Waals surface area contributed by atoms with Crippen LogP contribution in [-0.4, -0.2) is 0 Å². The van der Waals surface area contributed by atoms with Crippen molar-refractivity contribution in [2.24, 2.45) is 0 Å². The first kappa shape index (κ1) is 8.53. The van der Waals surface area contributed by atoms with Crippen LogP contribution >= 0.6 is 22.6 Å². The van der Waals surface area contributed by atoms with Crippen LogP contribution in [0, 0.1) is 0 Å². The van der Waals surface area contributed by atoms with E-state index in [9.17, 15) is 0 Å². The molecular formula is C10H9I. The van der Waals surface area contributed by atoms with Crippen LogP contribution in [0.4, 0.5) is 0 Å². The third-order valence-corrected chi connectivity index (χ3v) is 2.12. The van der Waals surface area contributed by atoms with E-state index in [4.69, 9.17) is 0 Å². The highest BCUT2D eigenvalue weighted by molar-refractivity contribution is 14.1. The lowest BCUT2D eigenvalue weighted by Crippen LogP contribution is -1.76. The van der Waals surface area contributed by atoms with E-state index in [1.54, 1.807) is 0 Å². The molecule has 0 heterocycles. The van der Waals surface area contributed by atoms with Gasteiger partial charge in [-0.2, -0.15) is 0 Å². The molecule has 56 valence electrons. The maximum Gasteiger partial charge on any atom is -0.0129 e. The Bertz CT molecular complexity index is 259. The Morgan fingerprint density at radius 1 is 1.27 bits per heavy atom. The van der Waals surface area contributed by atoms with Gasteiger partial charge < -0.3 is 0 Å². The van der Waals surface area contributed by atoms with Gasteiger partial charge in [0.1, 0.15) is 0 Å². The van der Waals surface area contributed by atoms with Crippen molar-refractivity contribution < 1.29 is 0 Å². The summed E-state index contributed by atoms with van der Waals surface area (Å²) < 4.78 is 2.03. The van der Waals surface area contributed by atoms with Crippen LogP contribution in [-0.2, 0) is 0 Å². The molecule has 0 fully saturated rings. The molecule has 0 nitrogen and oxygen atoms in total. The molecule has 0 unspecified atom stereocenters. The average Bonchev–Trinajstić information content (AvgIpc) is 2.09. The van der Waals surface area contributed by atoms with E-state index in [1.165, 1.54) is 11.1 Å². The molecule has 0 spiro atoms. The van der Waals surface area contributed by atoms with Gasteiger partial charge in [-0.25, -0.2) is 0 Å². The minimum absolute atomic E-state index is 1.17. The lowest BCUT2D eigenvalue weighted by Gasteiger charge is -1.98. The standard InChI is InChI=1S/C10H9I/c1-2-9(8-11)10-6-4-3-5-7-10/h2-8H,1H2/b9-8+. The molecule has 0 amide bonds. The molecule has 0 atom stereocenters. The van der Waals surface area contributed by atoms with Gasteiger partial charge in [0.25, 0.3) is 0 Å². The zero-order chi connectivity index (χ0) is 8.10. The molecule has 0 bridgehead atoms. The quantitative estimate of drug-likeness (QED) is 0.559. The Hall–Kier alpha value is -0.570. The Balaban J connectivity index is 3.01. The van der Waals surface area contributed by atoms with E-state index in [0.29, 0.717) is 0 Å². The second kappa shape index (κ2) is 4.34. The molecule has 0 aliphatic carbocycles. The molecule has 0 radical (unpaired) electrons. The Kier molecular flexibility index (Phi) is 3.36. The van der Waals surface area contributed by atoms with Gasteiger partial charge in [0.15, 0.2) is 0 Å². The second-order valence-corrected chi connectivity index (χ2v) is 2.76. The van der Waals surface area contributed by atoms with Crippen LogP contribution in [0.2, 0.25) is 0 Å². The molecular weight excluding hydrogens is 247 g/mol. The lowest BCUT2D eigenvalue weighted by molar-refractivity contribution is 1.63. The fraction of sp³-hybridized carbons (Fsp3) is 0. The highest BCUT2D eigenvalue weighted by atomic mass is 127. The molecule has 0 aliphatic heterocycles. The summed E-state index contributed by atoms with van der Waals surface area (Å²) in [6, 6.07) is 10.2. The number of hydrogen-bond donors (Lipinski definition) is 0. The van der Waals surface area contributed by atoms with Gasteiger partial charge in [0, 0.05) is 0 Å². The summed E-state index contributed by atoms with van der Waals surface area (Å²) in [6.45, 7) is 3.74. The van der Waals surface area contributed by atoms with E-state index in [0.717, 1.165) is 0 Å². The summed E-state index contributed by atoms with van der Waals surface area (Å²) in [5, 5.41) is 0. The van der Waals surface area contributed by atoms with E-state index in [2.05, 4.69) is 41.3 Å². The molecule has 1 rings (SSSR count). The van der Waals surface area contributed by atoms with Crippen LogP contribution in [0.3, 0.4) is 0 Å². The molecule has 1 heteroatoms. The van der Waals surface area contributed by atoms with Crippen LogP contribution in [0.5, 0.6) is 0 Å². The average molecular weight is 256 g/mol. The Labute approximate surface area is 80.8 Å². The van der Waals surface area contributed by atoms with Gasteiger partial charge >= 0.3 is 0 Å². The van der Waals surface area contributed by atoms with Crippen molar-refractivity contribution in [3.8, 4) is 0 Å². The zero-order valence-electron chi connectivity index (χ0n) is 6.13. The van der Waals surface area contributed by atoms with Gasteiger partial charge in [-0.1, -0.05) is 65.6 Å². The molecule has 1 aromatic carbocycles. The summed E-state index contributed by atoms with van der Waals surface area (Å²) in [4.78, 5) is 0. The van der Waals surface area contributed by atoms with Crippen molar-refractivity contribution in [3.63, 3.8) is 0 Å². The first-order valence-corrected chi connectivity index (χ1v) is 4.61. The molecule has 0 N–H and O–H groups in total. The van der Waals surface area contributed by atoms with Crippen molar-refractivity contribution in [2.75, 3.05) is 0 Å². The van der Waals surface area contributed by atoms with Gasteiger partial charge in [-0.15, -0.1) is 0 Å². The summed E-state index contributed by atoms with van der Waals surface area (Å²) in [6.07, 6.45) is 1.86. The molecule has 0 aromatic heterocycles. The minimum atomic E-state index is 1.17. The normalized spacial score (nSPS) is 11.2. The number of hydrogen-bond acceptors (Lipinski definition) is 0. The summed E-state index contributed by atoms with van der Waals surface area (Å²) in [7, 11) is 0. The number of allylic oxidation sites excluding steroid dienone is 2. The fourth-order valence-electron chi connectivity index (χ4n) is 0.856. The second-order valence-electron chi connectivity index (χ2n) is 2.13. The van der Waals surface area contributed by atoms with Gasteiger partial charge in [-0.05, 0) is 15.2 Å². The van der Waals surface area contributed by atoms with Crippen molar-refractivity contribution in [3.05, 3.63) is 52.6 Å². The molecule has 0 aliphatic rings. The van der Waals surface area contributed by atoms with E-state index >= 15 is 0 Å². The monoisotopic (exact) mass is 256 g/mol. The summed E-state index contributed by atoms with van der Waals surface area (Å²) in [5.74, 6) is 0. The lowest BCUT2D eigenvalue weighted by atomic mass is 10.1. The third-order valence-electron chi connectivity index (χ3n) is 1.44. The minimum Gasteiger partial charge on any atom is -0.0984 e. The highest BCUT2D eigenvalue weighted by Gasteiger charge is 1.92. The summed E-state index contributed by atoms with van der Waals surface area (Å²) in [5.41, 5.74) is 2.39. The predicted octanol–water partition coefficient (Wildman–Crippen LogP) is 3.65. The number of halogens is 1. The van der Waals surface area contributed by atoms with E-state index in [-0.39, 0.29) is 0 Å². The molecule has 1 aromatic rings. The SMILES string of the molecule is C=C/C(=C\I)c1ccccc1. The molecule has 0 saturated heterocycles. The van der Waals surface area contributed by atoms with Gasteiger partial charge in [0.2, 0.25) is 0 Å². The first-order chi connectivity index (χ1) is 5.38. The number of benzene rings is 1. The van der Waals surface area contributed by atoms with E-state index < -0.39 is 0 Å². The van der Waals surface area contributed by atoms with Crippen molar-refractivity contribution in [1.82, 2.24) is 0 Å². The zero-order valence-corrected chi connectivity index (χ0v) is 8.28. The highest BCUT2D eigenvalue weighted by Crippen LogP contribution is 2.15.